The van der Waals surface area contributed by atoms with Gasteiger partial charge in [-0.25, -0.2) is 9.97 Å². The Bertz CT molecular complexity index is 1050. The van der Waals surface area contributed by atoms with Gasteiger partial charge in [-0.05, 0) is 24.3 Å². The Labute approximate surface area is 179 Å². The predicted octanol–water partition coefficient (Wildman–Crippen LogP) is 3.16. The first-order valence-corrected chi connectivity index (χ1v) is 10.8. The Morgan fingerprint density at radius 3 is 2.33 bits per heavy atom. The van der Waals surface area contributed by atoms with Crippen LogP contribution < -0.4 is 5.32 Å². The second-order valence-electron chi connectivity index (χ2n) is 7.04. The number of aromatic nitrogens is 2. The standard InChI is InChI=1S/C22H23N5O2S/c1-16(28)26-11-13-27(14-12-26)20(29)15-30-22-24-19-10-6-5-9-18(19)21(25-22)23-17-7-3-2-4-8-17/h2-10H,11-15H2,1H3,(H,23,24,25). The highest BCUT2D eigenvalue weighted by molar-refractivity contribution is 7.99. The van der Waals surface area contributed by atoms with Crippen molar-refractivity contribution in [3.05, 3.63) is 54.6 Å². The van der Waals surface area contributed by atoms with Crippen LogP contribution >= 0.6 is 11.8 Å². The summed E-state index contributed by atoms with van der Waals surface area (Å²) in [6.45, 7) is 3.87. The van der Waals surface area contributed by atoms with Gasteiger partial charge in [0.05, 0.1) is 11.3 Å². The van der Waals surface area contributed by atoms with Gasteiger partial charge in [-0.3, -0.25) is 9.59 Å². The third-order valence-electron chi connectivity index (χ3n) is 5.02. The van der Waals surface area contributed by atoms with Crippen LogP contribution in [0.1, 0.15) is 6.92 Å². The van der Waals surface area contributed by atoms with E-state index in [1.54, 1.807) is 16.7 Å². The third-order valence-corrected chi connectivity index (χ3v) is 5.85. The van der Waals surface area contributed by atoms with E-state index in [0.717, 1.165) is 22.4 Å². The second-order valence-corrected chi connectivity index (χ2v) is 7.98. The molecule has 1 aliphatic heterocycles. The molecule has 1 N–H and O–H groups in total. The van der Waals surface area contributed by atoms with Crippen molar-refractivity contribution in [1.82, 2.24) is 19.8 Å². The lowest BCUT2D eigenvalue weighted by Gasteiger charge is -2.34. The van der Waals surface area contributed by atoms with Gasteiger partial charge >= 0.3 is 0 Å². The van der Waals surface area contributed by atoms with E-state index in [0.29, 0.717) is 31.3 Å². The number of thioether (sulfide) groups is 1. The van der Waals surface area contributed by atoms with Gasteiger partial charge in [0.25, 0.3) is 0 Å². The summed E-state index contributed by atoms with van der Waals surface area (Å²) >= 11 is 1.33. The summed E-state index contributed by atoms with van der Waals surface area (Å²) in [6.07, 6.45) is 0. The van der Waals surface area contributed by atoms with Gasteiger partial charge in [0.15, 0.2) is 5.16 Å². The highest BCUT2D eigenvalue weighted by atomic mass is 32.2. The van der Waals surface area contributed by atoms with Gasteiger partial charge in [-0.2, -0.15) is 0 Å². The molecule has 0 radical (unpaired) electrons. The predicted molar refractivity (Wildman–Crippen MR) is 119 cm³/mol. The molecule has 1 aliphatic rings. The molecule has 0 spiro atoms. The summed E-state index contributed by atoms with van der Waals surface area (Å²) in [5.74, 6) is 1.08. The number of nitrogens with one attached hydrogen (secondary N) is 1. The lowest BCUT2D eigenvalue weighted by molar-refractivity contribution is -0.136. The van der Waals surface area contributed by atoms with Gasteiger partial charge in [0, 0.05) is 44.2 Å². The zero-order valence-corrected chi connectivity index (χ0v) is 17.6. The number of amides is 2. The highest BCUT2D eigenvalue weighted by Crippen LogP contribution is 2.27. The minimum absolute atomic E-state index is 0.0394. The lowest BCUT2D eigenvalue weighted by Crippen LogP contribution is -2.50. The van der Waals surface area contributed by atoms with E-state index in [9.17, 15) is 9.59 Å². The molecule has 0 bridgehead atoms. The summed E-state index contributed by atoms with van der Waals surface area (Å²) in [7, 11) is 0. The third kappa shape index (κ3) is 4.71. The van der Waals surface area contributed by atoms with Crippen LogP contribution in [0.5, 0.6) is 0 Å². The van der Waals surface area contributed by atoms with Crippen LogP contribution in [0.4, 0.5) is 11.5 Å². The number of nitrogens with zero attached hydrogens (tertiary/aromatic N) is 4. The minimum Gasteiger partial charge on any atom is -0.340 e. The number of anilines is 2. The lowest BCUT2D eigenvalue weighted by atomic mass is 10.2. The maximum absolute atomic E-state index is 12.6. The molecule has 7 nitrogen and oxygen atoms in total. The van der Waals surface area contributed by atoms with E-state index in [1.807, 2.05) is 54.6 Å². The summed E-state index contributed by atoms with van der Waals surface area (Å²) in [4.78, 5) is 36.9. The smallest absolute Gasteiger partial charge is 0.233 e. The number of hydrogen-bond donors (Lipinski definition) is 1. The fourth-order valence-electron chi connectivity index (χ4n) is 3.36. The van der Waals surface area contributed by atoms with Crippen molar-refractivity contribution in [3.63, 3.8) is 0 Å². The molecule has 30 heavy (non-hydrogen) atoms. The van der Waals surface area contributed by atoms with Crippen LogP contribution in [0, 0.1) is 0 Å². The van der Waals surface area contributed by atoms with Crippen molar-refractivity contribution in [3.8, 4) is 0 Å². The minimum atomic E-state index is 0.0394. The number of carbonyl (C=O) groups excluding carboxylic acids is 2. The van der Waals surface area contributed by atoms with Crippen molar-refractivity contribution in [2.45, 2.75) is 12.1 Å². The molecule has 0 saturated carbocycles. The molecular formula is C22H23N5O2S. The van der Waals surface area contributed by atoms with Crippen LogP contribution in [0.15, 0.2) is 59.8 Å². The molecule has 8 heteroatoms. The SMILES string of the molecule is CC(=O)N1CCN(C(=O)CSc2nc(Nc3ccccc3)c3ccccc3n2)CC1. The van der Waals surface area contributed by atoms with E-state index < -0.39 is 0 Å². The van der Waals surface area contributed by atoms with Gasteiger partial charge in [-0.15, -0.1) is 0 Å². The largest absolute Gasteiger partial charge is 0.340 e. The van der Waals surface area contributed by atoms with Gasteiger partial charge in [0.1, 0.15) is 5.82 Å². The first-order chi connectivity index (χ1) is 14.6. The van der Waals surface area contributed by atoms with Crippen molar-refractivity contribution < 1.29 is 9.59 Å². The molecule has 0 unspecified atom stereocenters. The van der Waals surface area contributed by atoms with Crippen LogP contribution in [-0.4, -0.2) is 63.5 Å². The summed E-state index contributed by atoms with van der Waals surface area (Å²) < 4.78 is 0. The number of rotatable bonds is 5. The van der Waals surface area contributed by atoms with Crippen LogP contribution in [0.3, 0.4) is 0 Å². The Morgan fingerprint density at radius 1 is 0.933 bits per heavy atom. The fraction of sp³-hybridized carbons (Fsp3) is 0.273. The fourth-order valence-corrected chi connectivity index (χ4v) is 4.12. The number of carbonyl (C=O) groups is 2. The number of para-hydroxylation sites is 2. The second kappa shape index (κ2) is 9.13. The van der Waals surface area contributed by atoms with Crippen LogP contribution in [0.2, 0.25) is 0 Å². The highest BCUT2D eigenvalue weighted by Gasteiger charge is 2.22. The molecule has 2 heterocycles. The van der Waals surface area contributed by atoms with E-state index in [1.165, 1.54) is 11.8 Å². The molecule has 2 amide bonds. The molecule has 3 aromatic rings. The molecule has 0 aliphatic carbocycles. The van der Waals surface area contributed by atoms with Gasteiger partial charge in [-0.1, -0.05) is 42.1 Å². The molecule has 154 valence electrons. The summed E-state index contributed by atoms with van der Waals surface area (Å²) in [5.41, 5.74) is 1.77. The van der Waals surface area contributed by atoms with Crippen molar-refractivity contribution in [2.24, 2.45) is 0 Å². The van der Waals surface area contributed by atoms with E-state index in [2.05, 4.69) is 15.3 Å². The molecule has 1 fully saturated rings. The number of benzene rings is 2. The average Bonchev–Trinajstić information content (AvgIpc) is 2.78. The van der Waals surface area contributed by atoms with Crippen LogP contribution in [-0.2, 0) is 9.59 Å². The van der Waals surface area contributed by atoms with Crippen LogP contribution in [0.25, 0.3) is 10.9 Å². The van der Waals surface area contributed by atoms with Gasteiger partial charge < -0.3 is 15.1 Å². The first kappa shape index (κ1) is 20.2. The quantitative estimate of drug-likeness (QED) is 0.504. The summed E-state index contributed by atoms with van der Waals surface area (Å²) in [5, 5.41) is 4.84. The topological polar surface area (TPSA) is 78.4 Å². The van der Waals surface area contributed by atoms with E-state index in [-0.39, 0.29) is 17.6 Å². The van der Waals surface area contributed by atoms with Crippen molar-refractivity contribution >= 4 is 46.0 Å². The molecule has 0 atom stereocenters. The maximum Gasteiger partial charge on any atom is 0.233 e. The zero-order valence-electron chi connectivity index (χ0n) is 16.7. The normalized spacial score (nSPS) is 14.0. The van der Waals surface area contributed by atoms with Gasteiger partial charge in [0.2, 0.25) is 11.8 Å². The maximum atomic E-state index is 12.6. The summed E-state index contributed by atoms with van der Waals surface area (Å²) in [6, 6.07) is 17.7. The molecule has 4 rings (SSSR count). The molecule has 1 saturated heterocycles. The molecule has 1 aromatic heterocycles. The Morgan fingerprint density at radius 2 is 1.60 bits per heavy atom. The zero-order chi connectivity index (χ0) is 20.9. The molecular weight excluding hydrogens is 398 g/mol. The number of piperazine rings is 1. The number of hydrogen-bond acceptors (Lipinski definition) is 6. The molecule has 2 aromatic carbocycles. The first-order valence-electron chi connectivity index (χ1n) is 9.85. The Balaban J connectivity index is 1.46. The van der Waals surface area contributed by atoms with Crippen molar-refractivity contribution in [1.29, 1.82) is 0 Å². The Hall–Kier alpha value is -3.13. The van der Waals surface area contributed by atoms with Crippen molar-refractivity contribution in [2.75, 3.05) is 37.2 Å². The van der Waals surface area contributed by atoms with E-state index >= 15 is 0 Å². The number of fused-ring (bicyclic) bond motifs is 1. The average molecular weight is 422 g/mol. The Kier molecular flexibility index (Phi) is 6.13. The monoisotopic (exact) mass is 421 g/mol. The van der Waals surface area contributed by atoms with E-state index in [4.69, 9.17) is 0 Å².